The molecule has 1 aromatic carbocycles. The molecule has 1 N–H and O–H groups in total. The van der Waals surface area contributed by atoms with Crippen LogP contribution in [-0.4, -0.2) is 16.5 Å². The van der Waals surface area contributed by atoms with Crippen molar-refractivity contribution in [3.05, 3.63) is 39.7 Å². The molecule has 20 heavy (non-hydrogen) atoms. The van der Waals surface area contributed by atoms with Gasteiger partial charge in [-0.25, -0.2) is 9.37 Å². The summed E-state index contributed by atoms with van der Waals surface area (Å²) in [4.78, 5) is 8.19. The fraction of sp³-hybridized carbons (Fsp3) is 0.231. The van der Waals surface area contributed by atoms with Crippen molar-refractivity contribution in [3.8, 4) is 11.6 Å². The van der Waals surface area contributed by atoms with E-state index in [2.05, 4.69) is 31.2 Å². The Balaban J connectivity index is 2.23. The van der Waals surface area contributed by atoms with E-state index in [4.69, 9.17) is 16.3 Å². The molecule has 2 rings (SSSR count). The van der Waals surface area contributed by atoms with Crippen LogP contribution in [0.4, 0.5) is 10.3 Å². The van der Waals surface area contributed by atoms with Gasteiger partial charge >= 0.3 is 0 Å². The Labute approximate surface area is 129 Å². The summed E-state index contributed by atoms with van der Waals surface area (Å²) in [5.41, 5.74) is 0. The molecule has 0 bridgehead atoms. The fourth-order valence-electron chi connectivity index (χ4n) is 1.44. The Morgan fingerprint density at radius 3 is 2.90 bits per heavy atom. The molecule has 0 saturated carbocycles. The third-order valence-electron chi connectivity index (χ3n) is 2.30. The highest BCUT2D eigenvalue weighted by Crippen LogP contribution is 2.29. The first-order chi connectivity index (χ1) is 9.58. The SMILES string of the molecule is CCCNc1ncc(Cl)c(Oc2cc(F)cc(Br)c2)n1. The summed E-state index contributed by atoms with van der Waals surface area (Å²) in [5.74, 6) is 0.488. The third-order valence-corrected chi connectivity index (χ3v) is 3.01. The average Bonchev–Trinajstić information content (AvgIpc) is 2.38. The molecule has 0 spiro atoms. The molecule has 0 unspecified atom stereocenters. The van der Waals surface area contributed by atoms with Crippen LogP contribution in [0.25, 0.3) is 0 Å². The minimum absolute atomic E-state index is 0.178. The largest absolute Gasteiger partial charge is 0.437 e. The van der Waals surface area contributed by atoms with Crippen molar-refractivity contribution < 1.29 is 9.13 Å². The van der Waals surface area contributed by atoms with Gasteiger partial charge in [-0.15, -0.1) is 0 Å². The van der Waals surface area contributed by atoms with Crippen molar-refractivity contribution in [1.29, 1.82) is 0 Å². The summed E-state index contributed by atoms with van der Waals surface area (Å²) in [6.45, 7) is 2.77. The second-order valence-corrected chi connectivity index (χ2v) is 5.30. The van der Waals surface area contributed by atoms with Gasteiger partial charge in [0.15, 0.2) is 0 Å². The molecular formula is C13H12BrClFN3O. The number of nitrogens with one attached hydrogen (secondary N) is 1. The minimum Gasteiger partial charge on any atom is -0.437 e. The van der Waals surface area contributed by atoms with Crippen molar-refractivity contribution in [3.63, 3.8) is 0 Å². The van der Waals surface area contributed by atoms with Gasteiger partial charge in [0.05, 0.1) is 6.20 Å². The monoisotopic (exact) mass is 359 g/mol. The van der Waals surface area contributed by atoms with Crippen LogP contribution < -0.4 is 10.1 Å². The Hall–Kier alpha value is -1.40. The number of aromatic nitrogens is 2. The molecule has 0 aliphatic carbocycles. The van der Waals surface area contributed by atoms with Crippen LogP contribution in [0.15, 0.2) is 28.9 Å². The van der Waals surface area contributed by atoms with Gasteiger partial charge in [0.2, 0.25) is 11.8 Å². The molecule has 0 amide bonds. The number of nitrogens with zero attached hydrogens (tertiary/aromatic N) is 2. The Kier molecular flexibility index (Phi) is 5.14. The molecule has 7 heteroatoms. The molecule has 2 aromatic rings. The van der Waals surface area contributed by atoms with E-state index in [9.17, 15) is 4.39 Å². The van der Waals surface area contributed by atoms with Crippen LogP contribution in [0.5, 0.6) is 11.6 Å². The highest BCUT2D eigenvalue weighted by atomic mass is 79.9. The zero-order valence-corrected chi connectivity index (χ0v) is 13.0. The van der Waals surface area contributed by atoms with E-state index >= 15 is 0 Å². The van der Waals surface area contributed by atoms with E-state index in [1.807, 2.05) is 6.92 Å². The Bertz CT molecular complexity index is 592. The van der Waals surface area contributed by atoms with Crippen LogP contribution in [0.1, 0.15) is 13.3 Å². The standard InChI is InChI=1S/C13H12BrClFN3O/c1-2-3-17-13-18-7-11(15)12(19-13)20-10-5-8(14)4-9(16)6-10/h4-7H,2-3H2,1H3,(H,17,18,19). The quantitative estimate of drug-likeness (QED) is 0.843. The lowest BCUT2D eigenvalue weighted by Crippen LogP contribution is -2.04. The predicted molar refractivity (Wildman–Crippen MR) is 80.0 cm³/mol. The maximum Gasteiger partial charge on any atom is 0.243 e. The van der Waals surface area contributed by atoms with Crippen LogP contribution in [-0.2, 0) is 0 Å². The topological polar surface area (TPSA) is 47.0 Å². The van der Waals surface area contributed by atoms with Gasteiger partial charge in [0.1, 0.15) is 16.6 Å². The lowest BCUT2D eigenvalue weighted by atomic mass is 10.3. The van der Waals surface area contributed by atoms with Gasteiger partial charge in [-0.05, 0) is 18.6 Å². The van der Waals surface area contributed by atoms with Crippen molar-refractivity contribution in [2.45, 2.75) is 13.3 Å². The smallest absolute Gasteiger partial charge is 0.243 e. The number of benzene rings is 1. The van der Waals surface area contributed by atoms with Gasteiger partial charge in [-0.1, -0.05) is 34.5 Å². The number of ether oxygens (including phenoxy) is 1. The summed E-state index contributed by atoms with van der Waals surface area (Å²) < 4.78 is 19.4. The molecule has 0 radical (unpaired) electrons. The zero-order valence-electron chi connectivity index (χ0n) is 10.7. The van der Waals surface area contributed by atoms with Gasteiger partial charge < -0.3 is 10.1 Å². The van der Waals surface area contributed by atoms with Crippen molar-refractivity contribution in [1.82, 2.24) is 9.97 Å². The normalized spacial score (nSPS) is 10.4. The van der Waals surface area contributed by atoms with Gasteiger partial charge in [-0.3, -0.25) is 0 Å². The van der Waals surface area contributed by atoms with E-state index in [1.165, 1.54) is 18.3 Å². The summed E-state index contributed by atoms with van der Waals surface area (Å²) in [6.07, 6.45) is 2.38. The first-order valence-electron chi connectivity index (χ1n) is 5.99. The van der Waals surface area contributed by atoms with E-state index in [1.54, 1.807) is 6.07 Å². The molecular weight excluding hydrogens is 349 g/mol. The van der Waals surface area contributed by atoms with Crippen LogP contribution in [0.3, 0.4) is 0 Å². The lowest BCUT2D eigenvalue weighted by Gasteiger charge is -2.09. The summed E-state index contributed by atoms with van der Waals surface area (Å²) >= 11 is 9.17. The Morgan fingerprint density at radius 1 is 1.40 bits per heavy atom. The molecule has 1 heterocycles. The summed E-state index contributed by atoms with van der Waals surface area (Å²) in [7, 11) is 0. The van der Waals surface area contributed by atoms with Gasteiger partial charge in [0, 0.05) is 17.1 Å². The van der Waals surface area contributed by atoms with E-state index in [-0.39, 0.29) is 10.9 Å². The average molecular weight is 361 g/mol. The molecule has 1 aromatic heterocycles. The molecule has 0 fully saturated rings. The lowest BCUT2D eigenvalue weighted by molar-refractivity contribution is 0.457. The maximum absolute atomic E-state index is 13.3. The molecule has 4 nitrogen and oxygen atoms in total. The van der Waals surface area contributed by atoms with Crippen LogP contribution in [0.2, 0.25) is 5.02 Å². The molecule has 0 aliphatic rings. The molecule has 0 atom stereocenters. The molecule has 0 saturated heterocycles. The first-order valence-corrected chi connectivity index (χ1v) is 7.16. The van der Waals surface area contributed by atoms with Crippen LogP contribution >= 0.6 is 27.5 Å². The van der Waals surface area contributed by atoms with Crippen molar-refractivity contribution in [2.24, 2.45) is 0 Å². The van der Waals surface area contributed by atoms with Gasteiger partial charge in [-0.2, -0.15) is 4.98 Å². The maximum atomic E-state index is 13.3. The third kappa shape index (κ3) is 4.05. The predicted octanol–water partition coefficient (Wildman–Crippen LogP) is 4.65. The second kappa shape index (κ2) is 6.85. The zero-order chi connectivity index (χ0) is 14.5. The van der Waals surface area contributed by atoms with E-state index in [0.717, 1.165) is 13.0 Å². The molecule has 0 aliphatic heterocycles. The fourth-order valence-corrected chi connectivity index (χ4v) is 2.02. The van der Waals surface area contributed by atoms with Crippen molar-refractivity contribution >= 4 is 33.5 Å². The van der Waals surface area contributed by atoms with Gasteiger partial charge in [0.25, 0.3) is 0 Å². The van der Waals surface area contributed by atoms with Crippen molar-refractivity contribution in [2.75, 3.05) is 11.9 Å². The number of rotatable bonds is 5. The minimum atomic E-state index is -0.413. The number of anilines is 1. The summed E-state index contributed by atoms with van der Waals surface area (Å²) in [6, 6.07) is 4.21. The van der Waals surface area contributed by atoms with E-state index < -0.39 is 5.82 Å². The summed E-state index contributed by atoms with van der Waals surface area (Å²) in [5, 5.41) is 3.28. The number of halogens is 3. The number of hydrogen-bond donors (Lipinski definition) is 1. The Morgan fingerprint density at radius 2 is 2.20 bits per heavy atom. The van der Waals surface area contributed by atoms with E-state index in [0.29, 0.717) is 16.2 Å². The molecule has 106 valence electrons. The van der Waals surface area contributed by atoms with Crippen LogP contribution in [0, 0.1) is 5.82 Å². The second-order valence-electron chi connectivity index (χ2n) is 3.98. The first kappa shape index (κ1) is 15.0. The number of hydrogen-bond acceptors (Lipinski definition) is 4. The highest BCUT2D eigenvalue weighted by Gasteiger charge is 2.09. The highest BCUT2D eigenvalue weighted by molar-refractivity contribution is 9.10.